The van der Waals surface area contributed by atoms with Crippen LogP contribution in [0.15, 0.2) is 53.1 Å². The van der Waals surface area contributed by atoms with Crippen molar-refractivity contribution >= 4 is 50.4 Å². The average Bonchev–Trinajstić information content (AvgIpc) is 3.65. The molecule has 2 aliphatic rings. The number of nitrogens with zero attached hydrogens (tertiary/aromatic N) is 4. The number of thiazole rings is 1. The fourth-order valence-corrected chi connectivity index (χ4v) is 7.08. The number of rotatable bonds is 7. The number of imidazole rings is 1. The average molecular weight is 523 g/mol. The second-order valence-corrected chi connectivity index (χ2v) is 11.0. The number of fused-ring (bicyclic) bond motifs is 3. The Hall–Kier alpha value is -3.05. The zero-order valence-electron chi connectivity index (χ0n) is 19.8. The standard InChI is InChI=1S/C26H26N4O4S2/c1-16-24(36-26-27-17-6-2-3-7-18(17)30(16)26)22(31)20-21(19-8-4-15-35-19)29(25(33)23(20)32)10-5-9-28-11-13-34-14-12-28/h2-4,6-8,15,21,32H,5,9-14H2,1H3. The Morgan fingerprint density at radius 2 is 1.97 bits per heavy atom. The molecule has 4 aromatic rings. The molecule has 1 unspecified atom stereocenters. The number of ether oxygens (including phenoxy) is 1. The van der Waals surface area contributed by atoms with Crippen LogP contribution in [0.5, 0.6) is 0 Å². The van der Waals surface area contributed by atoms with E-state index in [4.69, 9.17) is 4.74 Å². The Balaban J connectivity index is 1.33. The smallest absolute Gasteiger partial charge is 0.290 e. The molecule has 1 amide bonds. The van der Waals surface area contributed by atoms with Crippen LogP contribution in [0.4, 0.5) is 0 Å². The van der Waals surface area contributed by atoms with Gasteiger partial charge in [0.25, 0.3) is 5.91 Å². The maximum absolute atomic E-state index is 14.0. The van der Waals surface area contributed by atoms with E-state index in [-0.39, 0.29) is 11.4 Å². The van der Waals surface area contributed by atoms with E-state index in [0.29, 0.717) is 11.4 Å². The third kappa shape index (κ3) is 3.85. The first-order valence-corrected chi connectivity index (χ1v) is 13.7. The van der Waals surface area contributed by atoms with E-state index in [0.717, 1.165) is 65.8 Å². The number of amides is 1. The molecule has 0 spiro atoms. The number of aliphatic hydroxyl groups excluding tert-OH is 1. The van der Waals surface area contributed by atoms with Crippen LogP contribution in [0.25, 0.3) is 16.0 Å². The van der Waals surface area contributed by atoms with Crippen LogP contribution in [0.1, 0.15) is 32.7 Å². The third-order valence-electron chi connectivity index (χ3n) is 6.93. The largest absolute Gasteiger partial charge is 0.503 e. The lowest BCUT2D eigenvalue weighted by Gasteiger charge is -2.29. The zero-order chi connectivity index (χ0) is 24.8. The molecular weight excluding hydrogens is 496 g/mol. The maximum atomic E-state index is 14.0. The molecule has 2 aliphatic heterocycles. The number of hydrogen-bond donors (Lipinski definition) is 1. The van der Waals surface area contributed by atoms with Crippen LogP contribution >= 0.6 is 22.7 Å². The first-order chi connectivity index (χ1) is 17.5. The highest BCUT2D eigenvalue weighted by molar-refractivity contribution is 7.19. The predicted molar refractivity (Wildman–Crippen MR) is 140 cm³/mol. The predicted octanol–water partition coefficient (Wildman–Crippen LogP) is 4.22. The summed E-state index contributed by atoms with van der Waals surface area (Å²) < 4.78 is 7.40. The van der Waals surface area contributed by atoms with Crippen LogP contribution in [0.2, 0.25) is 0 Å². The van der Waals surface area contributed by atoms with Crippen LogP contribution in [0.3, 0.4) is 0 Å². The highest BCUT2D eigenvalue weighted by Gasteiger charge is 2.44. The summed E-state index contributed by atoms with van der Waals surface area (Å²) in [6.45, 7) is 6.38. The van der Waals surface area contributed by atoms with Crippen LogP contribution in [-0.4, -0.2) is 75.4 Å². The minimum atomic E-state index is -0.597. The van der Waals surface area contributed by atoms with E-state index in [1.165, 1.54) is 22.7 Å². The fraction of sp³-hybridized carbons (Fsp3) is 0.346. The lowest BCUT2D eigenvalue weighted by molar-refractivity contribution is -0.129. The topological polar surface area (TPSA) is 87.4 Å². The van der Waals surface area contributed by atoms with Gasteiger partial charge in [-0.2, -0.15) is 0 Å². The van der Waals surface area contributed by atoms with E-state index in [2.05, 4.69) is 9.88 Å². The van der Waals surface area contributed by atoms with Gasteiger partial charge in [-0.25, -0.2) is 4.98 Å². The Bertz CT molecular complexity index is 1480. The number of Topliss-reactive ketones (excluding diaryl/α,β-unsaturated/α-hetero) is 1. The van der Waals surface area contributed by atoms with Crippen molar-refractivity contribution in [2.24, 2.45) is 0 Å². The van der Waals surface area contributed by atoms with Gasteiger partial charge in [0.15, 0.2) is 10.7 Å². The van der Waals surface area contributed by atoms with Crippen LogP contribution < -0.4 is 0 Å². The van der Waals surface area contributed by atoms with Gasteiger partial charge in [0.1, 0.15) is 0 Å². The van der Waals surface area contributed by atoms with Crippen LogP contribution in [-0.2, 0) is 9.53 Å². The summed E-state index contributed by atoms with van der Waals surface area (Å²) in [5, 5.41) is 12.9. The minimum Gasteiger partial charge on any atom is -0.503 e. The van der Waals surface area contributed by atoms with Gasteiger partial charge in [-0.3, -0.25) is 18.9 Å². The van der Waals surface area contributed by atoms with Crippen molar-refractivity contribution in [2.45, 2.75) is 19.4 Å². The molecule has 6 rings (SSSR count). The summed E-state index contributed by atoms with van der Waals surface area (Å²) in [5.41, 5.74) is 2.72. The summed E-state index contributed by atoms with van der Waals surface area (Å²) >= 11 is 2.78. The molecule has 1 aromatic carbocycles. The zero-order valence-corrected chi connectivity index (χ0v) is 21.5. The summed E-state index contributed by atoms with van der Waals surface area (Å²) in [6, 6.07) is 11.0. The first-order valence-electron chi connectivity index (χ1n) is 12.0. The van der Waals surface area contributed by atoms with E-state index in [1.54, 1.807) is 4.90 Å². The number of carbonyl (C=O) groups excluding carboxylic acids is 2. The first kappa shape index (κ1) is 23.4. The number of aromatic nitrogens is 2. The molecule has 1 saturated heterocycles. The number of aliphatic hydroxyl groups is 1. The highest BCUT2D eigenvalue weighted by atomic mass is 32.1. The van der Waals surface area contributed by atoms with Gasteiger partial charge in [-0.15, -0.1) is 11.3 Å². The second-order valence-electron chi connectivity index (χ2n) is 9.05. The minimum absolute atomic E-state index is 0.158. The second kappa shape index (κ2) is 9.44. The van der Waals surface area contributed by atoms with Gasteiger partial charge >= 0.3 is 0 Å². The molecule has 1 atom stereocenters. The monoisotopic (exact) mass is 522 g/mol. The van der Waals surface area contributed by atoms with Crippen molar-refractivity contribution in [3.63, 3.8) is 0 Å². The Kier molecular flexibility index (Phi) is 6.12. The van der Waals surface area contributed by atoms with Crippen molar-refractivity contribution < 1.29 is 19.4 Å². The van der Waals surface area contributed by atoms with Gasteiger partial charge in [-0.05, 0) is 36.9 Å². The van der Waals surface area contributed by atoms with E-state index in [9.17, 15) is 14.7 Å². The number of ketones is 1. The van der Waals surface area contributed by atoms with Crippen molar-refractivity contribution in [3.05, 3.63) is 68.6 Å². The lowest BCUT2D eigenvalue weighted by atomic mass is 10.00. The molecule has 1 N–H and O–H groups in total. The molecule has 1 fully saturated rings. The normalized spacial score (nSPS) is 19.3. The summed E-state index contributed by atoms with van der Waals surface area (Å²) in [5.74, 6) is -1.24. The number of aryl methyl sites for hydroxylation is 1. The molecule has 0 saturated carbocycles. The molecule has 0 aliphatic carbocycles. The van der Waals surface area contributed by atoms with Gasteiger partial charge in [0.05, 0.1) is 40.7 Å². The fourth-order valence-electron chi connectivity index (χ4n) is 5.14. The molecule has 3 aromatic heterocycles. The maximum Gasteiger partial charge on any atom is 0.290 e. The lowest BCUT2D eigenvalue weighted by Crippen LogP contribution is -2.39. The van der Waals surface area contributed by atoms with E-state index < -0.39 is 17.7 Å². The molecular formula is C26H26N4O4S2. The molecule has 5 heterocycles. The third-order valence-corrected chi connectivity index (χ3v) is 9.00. The number of morpholine rings is 1. The van der Waals surface area contributed by atoms with Gasteiger partial charge in [0.2, 0.25) is 5.78 Å². The van der Waals surface area contributed by atoms with Crippen molar-refractivity contribution in [3.8, 4) is 0 Å². The SMILES string of the molecule is Cc1c(C(=O)C2=C(O)C(=O)N(CCCN3CCOCC3)C2c2cccs2)sc2nc3ccccc3n12. The molecule has 0 radical (unpaired) electrons. The number of thiophene rings is 1. The number of carbonyl (C=O) groups is 2. The van der Waals surface area contributed by atoms with Gasteiger partial charge in [0, 0.05) is 36.8 Å². The quantitative estimate of drug-likeness (QED) is 0.366. The van der Waals surface area contributed by atoms with E-state index >= 15 is 0 Å². The number of para-hydroxylation sites is 2. The Labute approximate surface area is 216 Å². The number of hydrogen-bond acceptors (Lipinski definition) is 8. The molecule has 186 valence electrons. The summed E-state index contributed by atoms with van der Waals surface area (Å²) in [7, 11) is 0. The van der Waals surface area contributed by atoms with Crippen molar-refractivity contribution in [2.75, 3.05) is 39.4 Å². The van der Waals surface area contributed by atoms with Crippen LogP contribution in [0, 0.1) is 6.92 Å². The molecule has 0 bridgehead atoms. The van der Waals surface area contributed by atoms with Gasteiger partial charge in [-0.1, -0.05) is 29.5 Å². The number of benzene rings is 1. The Morgan fingerprint density at radius 3 is 2.75 bits per heavy atom. The van der Waals surface area contributed by atoms with Crippen molar-refractivity contribution in [1.82, 2.24) is 19.2 Å². The summed E-state index contributed by atoms with van der Waals surface area (Å²) in [6.07, 6.45) is 0.750. The molecule has 8 nitrogen and oxygen atoms in total. The summed E-state index contributed by atoms with van der Waals surface area (Å²) in [4.78, 5) is 37.9. The van der Waals surface area contributed by atoms with E-state index in [1.807, 2.05) is 53.1 Å². The highest BCUT2D eigenvalue weighted by Crippen LogP contribution is 2.42. The molecule has 36 heavy (non-hydrogen) atoms. The van der Waals surface area contributed by atoms with Gasteiger partial charge < -0.3 is 14.7 Å². The molecule has 10 heteroatoms. The van der Waals surface area contributed by atoms with Crippen molar-refractivity contribution in [1.29, 1.82) is 0 Å². The Morgan fingerprint density at radius 1 is 1.17 bits per heavy atom.